The van der Waals surface area contributed by atoms with Gasteiger partial charge in [-0.15, -0.1) is 0 Å². The maximum Gasteiger partial charge on any atom is 0.261 e. The number of nitrogens with zero attached hydrogens (tertiary/aromatic N) is 3. The van der Waals surface area contributed by atoms with Gasteiger partial charge >= 0.3 is 0 Å². The Labute approximate surface area is 203 Å². The molecule has 1 heterocycles. The van der Waals surface area contributed by atoms with Gasteiger partial charge in [-0.25, -0.2) is 12.7 Å². The average Bonchev–Trinajstić information content (AvgIpc) is 3.07. The minimum Gasteiger partial charge on any atom is -0.303 e. The third-order valence-corrected chi connectivity index (χ3v) is 8.00. The van der Waals surface area contributed by atoms with Gasteiger partial charge in [0, 0.05) is 13.6 Å². The van der Waals surface area contributed by atoms with Gasteiger partial charge < -0.3 is 4.90 Å². The Morgan fingerprint density at radius 2 is 1.29 bits per heavy atom. The molecule has 1 aliphatic rings. The summed E-state index contributed by atoms with van der Waals surface area (Å²) in [5.74, 6) is -0.651. The first kappa shape index (κ1) is 26.1. The Balaban J connectivity index is 1.56. The number of sulfonamides is 1. The lowest BCUT2D eigenvalue weighted by atomic mass is 10.1. The van der Waals surface area contributed by atoms with E-state index in [1.807, 2.05) is 0 Å². The maximum atomic E-state index is 13.0. The second-order valence-electron chi connectivity index (χ2n) is 8.76. The van der Waals surface area contributed by atoms with Gasteiger partial charge in [0.2, 0.25) is 10.0 Å². The molecule has 0 aliphatic carbocycles. The summed E-state index contributed by atoms with van der Waals surface area (Å²) < 4.78 is 27.3. The lowest BCUT2D eigenvalue weighted by Gasteiger charge is -2.22. The van der Waals surface area contributed by atoms with E-state index in [1.54, 1.807) is 55.6 Å². The molecule has 34 heavy (non-hydrogen) atoms. The second-order valence-corrected chi connectivity index (χ2v) is 10.8. The summed E-state index contributed by atoms with van der Waals surface area (Å²) in [7, 11) is -1.99. The summed E-state index contributed by atoms with van der Waals surface area (Å²) >= 11 is 0. The number of fused-ring (bicyclic) bond motifs is 1. The van der Waals surface area contributed by atoms with Crippen LogP contribution >= 0.6 is 0 Å². The van der Waals surface area contributed by atoms with Gasteiger partial charge in [0.1, 0.15) is 0 Å². The fourth-order valence-corrected chi connectivity index (χ4v) is 5.48. The molecule has 184 valence electrons. The summed E-state index contributed by atoms with van der Waals surface area (Å²) in [5.41, 5.74) is 1.50. The van der Waals surface area contributed by atoms with Crippen LogP contribution in [-0.2, 0) is 16.6 Å². The highest BCUT2D eigenvalue weighted by molar-refractivity contribution is 7.89. The molecule has 7 nitrogen and oxygen atoms in total. The minimum absolute atomic E-state index is 0.106. The fourth-order valence-electron chi connectivity index (χ4n) is 4.27. The van der Waals surface area contributed by atoms with Crippen LogP contribution in [0.25, 0.3) is 0 Å². The molecular weight excluding hydrogens is 450 g/mol. The SMILES string of the molecule is CCCN(CCC)CCCCN(C)S(=O)(=O)c1ccc(CN2C(=O)c3ccccc3C2=O)cc1. The predicted octanol–water partition coefficient (Wildman–Crippen LogP) is 4.01. The molecule has 0 bridgehead atoms. The monoisotopic (exact) mass is 485 g/mol. The molecule has 2 aromatic carbocycles. The third-order valence-electron chi connectivity index (χ3n) is 6.13. The molecule has 1 aliphatic heterocycles. The van der Waals surface area contributed by atoms with E-state index in [-0.39, 0.29) is 23.3 Å². The Kier molecular flexibility index (Phi) is 8.99. The van der Waals surface area contributed by atoms with Crippen LogP contribution < -0.4 is 0 Å². The van der Waals surface area contributed by atoms with Crippen molar-refractivity contribution in [2.45, 2.75) is 51.0 Å². The lowest BCUT2D eigenvalue weighted by molar-refractivity contribution is 0.0642. The van der Waals surface area contributed by atoms with Gasteiger partial charge in [0.25, 0.3) is 11.8 Å². The van der Waals surface area contributed by atoms with Crippen molar-refractivity contribution in [3.05, 3.63) is 65.2 Å². The van der Waals surface area contributed by atoms with E-state index in [0.29, 0.717) is 23.2 Å². The zero-order chi connectivity index (χ0) is 24.7. The number of hydrogen-bond acceptors (Lipinski definition) is 5. The van der Waals surface area contributed by atoms with Crippen molar-refractivity contribution in [2.75, 3.05) is 33.2 Å². The van der Waals surface area contributed by atoms with E-state index < -0.39 is 10.0 Å². The van der Waals surface area contributed by atoms with Crippen LogP contribution in [0.3, 0.4) is 0 Å². The van der Waals surface area contributed by atoms with Crippen LogP contribution in [-0.4, -0.2) is 67.6 Å². The zero-order valence-electron chi connectivity index (χ0n) is 20.4. The summed E-state index contributed by atoms with van der Waals surface area (Å²) in [6.07, 6.45) is 4.01. The van der Waals surface area contributed by atoms with Crippen molar-refractivity contribution in [3.8, 4) is 0 Å². The van der Waals surface area contributed by atoms with E-state index in [1.165, 1.54) is 9.21 Å². The van der Waals surface area contributed by atoms with E-state index in [2.05, 4.69) is 18.7 Å². The van der Waals surface area contributed by atoms with Crippen LogP contribution in [0.1, 0.15) is 65.8 Å². The van der Waals surface area contributed by atoms with Crippen molar-refractivity contribution < 1.29 is 18.0 Å². The largest absolute Gasteiger partial charge is 0.303 e. The van der Waals surface area contributed by atoms with E-state index in [0.717, 1.165) is 45.3 Å². The molecule has 0 fully saturated rings. The molecule has 0 saturated heterocycles. The highest BCUT2D eigenvalue weighted by atomic mass is 32.2. The lowest BCUT2D eigenvalue weighted by Crippen LogP contribution is -2.30. The molecule has 0 radical (unpaired) electrons. The number of benzene rings is 2. The van der Waals surface area contributed by atoms with Crippen LogP contribution in [0.4, 0.5) is 0 Å². The minimum atomic E-state index is -3.60. The first-order valence-corrected chi connectivity index (χ1v) is 13.5. The smallest absolute Gasteiger partial charge is 0.261 e. The second kappa shape index (κ2) is 11.7. The van der Waals surface area contributed by atoms with Crippen molar-refractivity contribution in [2.24, 2.45) is 0 Å². The molecule has 0 aromatic heterocycles. The van der Waals surface area contributed by atoms with Gasteiger partial charge in [-0.1, -0.05) is 38.1 Å². The first-order chi connectivity index (χ1) is 16.3. The Morgan fingerprint density at radius 3 is 1.82 bits per heavy atom. The number of unbranched alkanes of at least 4 members (excludes halogenated alkanes) is 1. The predicted molar refractivity (Wildman–Crippen MR) is 133 cm³/mol. The van der Waals surface area contributed by atoms with Gasteiger partial charge in [-0.05, 0) is 75.1 Å². The number of carbonyl (C=O) groups is 2. The van der Waals surface area contributed by atoms with Gasteiger partial charge in [-0.2, -0.15) is 0 Å². The Hall–Kier alpha value is -2.55. The molecule has 2 amide bonds. The standard InChI is InChI=1S/C26H35N3O4S/c1-4-16-28(17-5-2)19-9-8-18-27(3)34(32,33)22-14-12-21(13-15-22)20-29-25(30)23-10-6-7-11-24(23)26(29)31/h6-7,10-15H,4-5,8-9,16-20H2,1-3H3. The van der Waals surface area contributed by atoms with Gasteiger partial charge in [0.15, 0.2) is 0 Å². The highest BCUT2D eigenvalue weighted by Gasteiger charge is 2.35. The molecule has 8 heteroatoms. The number of imide groups is 1. The average molecular weight is 486 g/mol. The molecule has 2 aromatic rings. The van der Waals surface area contributed by atoms with Gasteiger partial charge in [0.05, 0.1) is 22.6 Å². The van der Waals surface area contributed by atoms with Crippen LogP contribution in [0.2, 0.25) is 0 Å². The molecular formula is C26H35N3O4S. The van der Waals surface area contributed by atoms with Crippen molar-refractivity contribution >= 4 is 21.8 Å². The Bertz CT molecular complexity index is 1060. The van der Waals surface area contributed by atoms with Crippen molar-refractivity contribution in [3.63, 3.8) is 0 Å². The summed E-state index contributed by atoms with van der Waals surface area (Å²) in [6.45, 7) is 8.06. The fraction of sp³-hybridized carbons (Fsp3) is 0.462. The molecule has 0 N–H and O–H groups in total. The molecule has 0 unspecified atom stereocenters. The third kappa shape index (κ3) is 5.92. The molecule has 3 rings (SSSR count). The number of carbonyl (C=O) groups excluding carboxylic acids is 2. The van der Waals surface area contributed by atoms with E-state index >= 15 is 0 Å². The molecule has 0 saturated carbocycles. The van der Waals surface area contributed by atoms with E-state index in [9.17, 15) is 18.0 Å². The number of rotatable bonds is 13. The number of amides is 2. The Morgan fingerprint density at radius 1 is 0.765 bits per heavy atom. The van der Waals surface area contributed by atoms with Crippen LogP contribution in [0.15, 0.2) is 53.4 Å². The molecule has 0 spiro atoms. The zero-order valence-corrected chi connectivity index (χ0v) is 21.2. The summed E-state index contributed by atoms with van der Waals surface area (Å²) in [4.78, 5) is 29.0. The topological polar surface area (TPSA) is 78.0 Å². The first-order valence-electron chi connectivity index (χ1n) is 12.0. The quantitative estimate of drug-likeness (QED) is 0.317. The molecule has 0 atom stereocenters. The highest BCUT2D eigenvalue weighted by Crippen LogP contribution is 2.25. The summed E-state index contributed by atoms with van der Waals surface area (Å²) in [5, 5.41) is 0. The summed E-state index contributed by atoms with van der Waals surface area (Å²) in [6, 6.07) is 13.2. The normalized spacial score (nSPS) is 13.9. The van der Waals surface area contributed by atoms with Crippen molar-refractivity contribution in [1.29, 1.82) is 0 Å². The van der Waals surface area contributed by atoms with Crippen molar-refractivity contribution in [1.82, 2.24) is 14.1 Å². The maximum absolute atomic E-state index is 13.0. The van der Waals surface area contributed by atoms with E-state index in [4.69, 9.17) is 0 Å². The van der Waals surface area contributed by atoms with Gasteiger partial charge in [-0.3, -0.25) is 14.5 Å². The van der Waals surface area contributed by atoms with Crippen LogP contribution in [0.5, 0.6) is 0 Å². The van der Waals surface area contributed by atoms with Crippen LogP contribution in [0, 0.1) is 0 Å². The number of hydrogen-bond donors (Lipinski definition) is 0.